The van der Waals surface area contributed by atoms with E-state index in [4.69, 9.17) is 0 Å². The molecule has 0 amide bonds. The molecule has 0 N–H and O–H groups in total. The lowest BCUT2D eigenvalue weighted by Crippen LogP contribution is -2.40. The molecule has 1 aromatic carbocycles. The van der Waals surface area contributed by atoms with Crippen molar-refractivity contribution >= 4 is 0 Å². The number of likely N-dealkylation sites (tertiary alicyclic amines) is 1. The van der Waals surface area contributed by atoms with E-state index in [1.54, 1.807) is 0 Å². The van der Waals surface area contributed by atoms with E-state index < -0.39 is 0 Å². The summed E-state index contributed by atoms with van der Waals surface area (Å²) in [5.74, 6) is 2.58. The molecular formula is C19H29N. The van der Waals surface area contributed by atoms with Gasteiger partial charge in [-0.3, -0.25) is 4.90 Å². The van der Waals surface area contributed by atoms with Crippen LogP contribution in [0.4, 0.5) is 0 Å². The first-order valence-corrected chi connectivity index (χ1v) is 8.34. The number of rotatable bonds is 3. The second-order valence-electron chi connectivity index (χ2n) is 7.69. The maximum absolute atomic E-state index is 2.73. The Morgan fingerprint density at radius 2 is 1.55 bits per heavy atom. The van der Waals surface area contributed by atoms with E-state index in [0.717, 1.165) is 11.8 Å². The second-order valence-corrected chi connectivity index (χ2v) is 7.69. The van der Waals surface area contributed by atoms with Crippen molar-refractivity contribution < 1.29 is 0 Å². The molecular weight excluding hydrogens is 242 g/mol. The molecule has 3 rings (SSSR count). The largest absolute Gasteiger partial charge is 0.294 e. The van der Waals surface area contributed by atoms with E-state index in [0.29, 0.717) is 5.92 Å². The molecule has 2 atom stereocenters. The third kappa shape index (κ3) is 2.41. The van der Waals surface area contributed by atoms with Crippen molar-refractivity contribution in [1.82, 2.24) is 4.90 Å². The maximum Gasteiger partial charge on any atom is 0.0404 e. The zero-order chi connectivity index (χ0) is 14.3. The minimum absolute atomic E-state index is 0.180. The van der Waals surface area contributed by atoms with Gasteiger partial charge in [0, 0.05) is 18.6 Å². The van der Waals surface area contributed by atoms with E-state index >= 15 is 0 Å². The van der Waals surface area contributed by atoms with Gasteiger partial charge in [0.1, 0.15) is 0 Å². The Balaban J connectivity index is 1.77. The van der Waals surface area contributed by atoms with Crippen LogP contribution in [-0.4, -0.2) is 18.0 Å². The molecule has 110 valence electrons. The zero-order valence-electron chi connectivity index (χ0n) is 13.5. The zero-order valence-corrected chi connectivity index (χ0v) is 13.5. The lowest BCUT2D eigenvalue weighted by Gasteiger charge is -2.37. The van der Waals surface area contributed by atoms with Crippen LogP contribution in [-0.2, 0) is 5.54 Å². The SMILES string of the molecule is CC(C)c1ccc(C(C)(C)N2CC3CCCC3C2)cc1. The normalized spacial score (nSPS) is 27.2. The Labute approximate surface area is 124 Å². The molecule has 2 unspecified atom stereocenters. The highest BCUT2D eigenvalue weighted by Gasteiger charge is 2.41. The summed E-state index contributed by atoms with van der Waals surface area (Å²) in [7, 11) is 0. The van der Waals surface area contributed by atoms with Crippen LogP contribution >= 0.6 is 0 Å². The van der Waals surface area contributed by atoms with Gasteiger partial charge in [-0.25, -0.2) is 0 Å². The molecule has 0 radical (unpaired) electrons. The number of hydrogen-bond acceptors (Lipinski definition) is 1. The van der Waals surface area contributed by atoms with Gasteiger partial charge in [0.15, 0.2) is 0 Å². The van der Waals surface area contributed by atoms with Crippen molar-refractivity contribution in [2.45, 2.75) is 58.4 Å². The highest BCUT2D eigenvalue weighted by molar-refractivity contribution is 5.29. The summed E-state index contributed by atoms with van der Waals surface area (Å²) in [5.41, 5.74) is 3.10. The summed E-state index contributed by atoms with van der Waals surface area (Å²) >= 11 is 0. The van der Waals surface area contributed by atoms with Crippen LogP contribution in [0.2, 0.25) is 0 Å². The molecule has 0 spiro atoms. The van der Waals surface area contributed by atoms with Crippen molar-refractivity contribution in [3.8, 4) is 0 Å². The van der Waals surface area contributed by atoms with Crippen LogP contribution in [0.3, 0.4) is 0 Å². The van der Waals surface area contributed by atoms with Gasteiger partial charge in [-0.2, -0.15) is 0 Å². The van der Waals surface area contributed by atoms with Gasteiger partial charge >= 0.3 is 0 Å². The van der Waals surface area contributed by atoms with Crippen LogP contribution < -0.4 is 0 Å². The summed E-state index contributed by atoms with van der Waals surface area (Å²) in [6.07, 6.45) is 4.39. The summed E-state index contributed by atoms with van der Waals surface area (Å²) in [6, 6.07) is 9.34. The van der Waals surface area contributed by atoms with Gasteiger partial charge in [0.2, 0.25) is 0 Å². The second kappa shape index (κ2) is 5.18. The van der Waals surface area contributed by atoms with Crippen molar-refractivity contribution in [2.75, 3.05) is 13.1 Å². The third-order valence-corrected chi connectivity index (χ3v) is 5.80. The fraction of sp³-hybridized carbons (Fsp3) is 0.684. The molecule has 2 fully saturated rings. The summed E-state index contributed by atoms with van der Waals surface area (Å²) in [5, 5.41) is 0. The highest BCUT2D eigenvalue weighted by atomic mass is 15.2. The van der Waals surface area contributed by atoms with Crippen LogP contribution in [0.15, 0.2) is 24.3 Å². The molecule has 0 bridgehead atoms. The quantitative estimate of drug-likeness (QED) is 0.765. The predicted molar refractivity (Wildman–Crippen MR) is 86.0 cm³/mol. The lowest BCUT2D eigenvalue weighted by atomic mass is 9.90. The fourth-order valence-electron chi connectivity index (χ4n) is 4.15. The first kappa shape index (κ1) is 14.1. The topological polar surface area (TPSA) is 3.24 Å². The van der Waals surface area contributed by atoms with Gasteiger partial charge in [-0.05, 0) is 55.6 Å². The first-order chi connectivity index (χ1) is 9.48. The minimum Gasteiger partial charge on any atom is -0.294 e. The summed E-state index contributed by atoms with van der Waals surface area (Å²) in [6.45, 7) is 12.0. The van der Waals surface area contributed by atoms with Crippen molar-refractivity contribution in [2.24, 2.45) is 11.8 Å². The average Bonchev–Trinajstić information content (AvgIpc) is 2.99. The third-order valence-electron chi connectivity index (χ3n) is 5.80. The number of nitrogens with zero attached hydrogens (tertiary/aromatic N) is 1. The van der Waals surface area contributed by atoms with Gasteiger partial charge < -0.3 is 0 Å². The Hall–Kier alpha value is -0.820. The highest BCUT2D eigenvalue weighted by Crippen LogP contribution is 2.42. The Bertz CT molecular complexity index is 445. The van der Waals surface area contributed by atoms with Crippen LogP contribution in [0, 0.1) is 11.8 Å². The minimum atomic E-state index is 0.180. The Morgan fingerprint density at radius 1 is 1.00 bits per heavy atom. The molecule has 1 saturated heterocycles. The van der Waals surface area contributed by atoms with Crippen molar-refractivity contribution in [3.63, 3.8) is 0 Å². The van der Waals surface area contributed by atoms with Gasteiger partial charge in [0.25, 0.3) is 0 Å². The molecule has 1 aliphatic heterocycles. The van der Waals surface area contributed by atoms with E-state index in [1.807, 2.05) is 0 Å². The molecule has 20 heavy (non-hydrogen) atoms. The molecule has 0 aromatic heterocycles. The molecule has 1 heterocycles. The predicted octanol–water partition coefficient (Wildman–Crippen LogP) is 4.78. The molecule has 1 nitrogen and oxygen atoms in total. The number of fused-ring (bicyclic) bond motifs is 1. The fourth-order valence-corrected chi connectivity index (χ4v) is 4.15. The lowest BCUT2D eigenvalue weighted by molar-refractivity contribution is 0.142. The summed E-state index contributed by atoms with van der Waals surface area (Å²) < 4.78 is 0. The van der Waals surface area contributed by atoms with E-state index in [-0.39, 0.29) is 5.54 Å². The van der Waals surface area contributed by atoms with E-state index in [9.17, 15) is 0 Å². The maximum atomic E-state index is 2.73. The van der Waals surface area contributed by atoms with Crippen molar-refractivity contribution in [1.29, 1.82) is 0 Å². The Morgan fingerprint density at radius 3 is 2.05 bits per heavy atom. The van der Waals surface area contributed by atoms with E-state index in [1.165, 1.54) is 43.5 Å². The molecule has 1 saturated carbocycles. The van der Waals surface area contributed by atoms with Crippen molar-refractivity contribution in [3.05, 3.63) is 35.4 Å². The number of hydrogen-bond donors (Lipinski definition) is 0. The van der Waals surface area contributed by atoms with Gasteiger partial charge in [-0.1, -0.05) is 44.5 Å². The van der Waals surface area contributed by atoms with Crippen LogP contribution in [0.25, 0.3) is 0 Å². The standard InChI is InChI=1S/C19H29N/c1-14(2)15-8-10-18(11-9-15)19(3,4)20-12-16-6-5-7-17(16)13-20/h8-11,14,16-17H,5-7,12-13H2,1-4H3. The smallest absolute Gasteiger partial charge is 0.0404 e. The molecule has 1 heteroatoms. The van der Waals surface area contributed by atoms with Crippen LogP contribution in [0.5, 0.6) is 0 Å². The summed E-state index contributed by atoms with van der Waals surface area (Å²) in [4.78, 5) is 2.73. The van der Waals surface area contributed by atoms with Gasteiger partial charge in [-0.15, -0.1) is 0 Å². The average molecular weight is 271 g/mol. The molecule has 1 aliphatic carbocycles. The molecule has 2 aliphatic rings. The molecule has 1 aromatic rings. The number of benzene rings is 1. The monoisotopic (exact) mass is 271 g/mol. The first-order valence-electron chi connectivity index (χ1n) is 8.34. The van der Waals surface area contributed by atoms with E-state index in [2.05, 4.69) is 56.9 Å². The van der Waals surface area contributed by atoms with Crippen LogP contribution in [0.1, 0.15) is 64.0 Å². The Kier molecular flexibility index (Phi) is 3.66. The van der Waals surface area contributed by atoms with Gasteiger partial charge in [0.05, 0.1) is 0 Å².